The summed E-state index contributed by atoms with van der Waals surface area (Å²) in [6.45, 7) is 7.69. The molecule has 25 heavy (non-hydrogen) atoms. The highest BCUT2D eigenvalue weighted by Crippen LogP contribution is 2.25. The molecule has 0 spiro atoms. The minimum Gasteiger partial charge on any atom is -0.493 e. The van der Waals surface area contributed by atoms with Crippen LogP contribution < -0.4 is 4.74 Å². The van der Waals surface area contributed by atoms with Crippen LogP contribution in [0, 0.1) is 6.92 Å². The van der Waals surface area contributed by atoms with Gasteiger partial charge in [-0.1, -0.05) is 19.8 Å². The van der Waals surface area contributed by atoms with Crippen LogP contribution >= 0.6 is 0 Å². The average molecular weight is 368 g/mol. The van der Waals surface area contributed by atoms with Gasteiger partial charge in [0.15, 0.2) is 0 Å². The van der Waals surface area contributed by atoms with Crippen LogP contribution in [-0.2, 0) is 14.8 Å². The van der Waals surface area contributed by atoms with Gasteiger partial charge in [-0.3, -0.25) is 4.79 Å². The lowest BCUT2D eigenvalue weighted by Crippen LogP contribution is -2.49. The van der Waals surface area contributed by atoms with Gasteiger partial charge in [-0.2, -0.15) is 4.31 Å². The Kier molecular flexibility index (Phi) is 6.84. The largest absolute Gasteiger partial charge is 0.493 e. The standard InChI is InChI=1S/C18H28N2O4S/c1-4-5-6-13-24-18-8-7-17(14-15(18)2)25(22,23)20-11-9-19(10-12-20)16(3)21/h7-8,14H,4-6,9-13H2,1-3H3. The molecule has 1 aliphatic heterocycles. The van der Waals surface area contributed by atoms with E-state index in [9.17, 15) is 13.2 Å². The summed E-state index contributed by atoms with van der Waals surface area (Å²) in [4.78, 5) is 13.3. The van der Waals surface area contributed by atoms with E-state index in [-0.39, 0.29) is 10.8 Å². The Bertz CT molecular complexity index is 695. The van der Waals surface area contributed by atoms with Crippen molar-refractivity contribution >= 4 is 15.9 Å². The molecule has 1 aromatic carbocycles. The second-order valence-electron chi connectivity index (χ2n) is 6.39. The molecule has 1 fully saturated rings. The number of amides is 1. The van der Waals surface area contributed by atoms with Crippen molar-refractivity contribution in [3.63, 3.8) is 0 Å². The second kappa shape index (κ2) is 8.67. The van der Waals surface area contributed by atoms with Crippen LogP contribution in [-0.4, -0.2) is 56.3 Å². The van der Waals surface area contributed by atoms with Crippen molar-refractivity contribution in [1.82, 2.24) is 9.21 Å². The van der Waals surface area contributed by atoms with Crippen LogP contribution in [0.2, 0.25) is 0 Å². The first kappa shape index (κ1) is 19.7. The Morgan fingerprint density at radius 3 is 2.40 bits per heavy atom. The number of aryl methyl sites for hydroxylation is 1. The van der Waals surface area contributed by atoms with Crippen molar-refractivity contribution in [2.75, 3.05) is 32.8 Å². The van der Waals surface area contributed by atoms with E-state index in [1.807, 2.05) is 6.92 Å². The molecule has 1 amide bonds. The lowest BCUT2D eigenvalue weighted by Gasteiger charge is -2.33. The first-order valence-corrected chi connectivity index (χ1v) is 10.3. The van der Waals surface area contributed by atoms with Gasteiger partial charge in [0.25, 0.3) is 0 Å². The smallest absolute Gasteiger partial charge is 0.243 e. The van der Waals surface area contributed by atoms with Crippen LogP contribution in [0.3, 0.4) is 0 Å². The number of carbonyl (C=O) groups is 1. The zero-order valence-corrected chi connectivity index (χ0v) is 16.1. The highest BCUT2D eigenvalue weighted by atomic mass is 32.2. The van der Waals surface area contributed by atoms with Crippen LogP contribution in [0.5, 0.6) is 5.75 Å². The van der Waals surface area contributed by atoms with Crippen molar-refractivity contribution in [1.29, 1.82) is 0 Å². The van der Waals surface area contributed by atoms with E-state index in [0.717, 1.165) is 30.6 Å². The molecule has 7 heteroatoms. The van der Waals surface area contributed by atoms with Gasteiger partial charge in [-0.05, 0) is 37.1 Å². The highest BCUT2D eigenvalue weighted by Gasteiger charge is 2.29. The van der Waals surface area contributed by atoms with Gasteiger partial charge < -0.3 is 9.64 Å². The molecule has 1 aliphatic rings. The molecule has 2 rings (SSSR count). The van der Waals surface area contributed by atoms with E-state index in [1.54, 1.807) is 23.1 Å². The van der Waals surface area contributed by atoms with E-state index < -0.39 is 10.0 Å². The third-order valence-electron chi connectivity index (χ3n) is 4.47. The van der Waals surface area contributed by atoms with Crippen molar-refractivity contribution in [2.24, 2.45) is 0 Å². The molecule has 0 saturated carbocycles. The van der Waals surface area contributed by atoms with Crippen molar-refractivity contribution in [3.05, 3.63) is 23.8 Å². The summed E-state index contributed by atoms with van der Waals surface area (Å²) in [5.74, 6) is 0.717. The normalized spacial score (nSPS) is 16.0. The quantitative estimate of drug-likeness (QED) is 0.693. The molecule has 140 valence electrons. The molecule has 0 radical (unpaired) electrons. The lowest BCUT2D eigenvalue weighted by atomic mass is 10.2. The molecular weight excluding hydrogens is 340 g/mol. The number of sulfonamides is 1. The number of unbranched alkanes of at least 4 members (excludes halogenated alkanes) is 2. The van der Waals surface area contributed by atoms with Crippen LogP contribution in [0.25, 0.3) is 0 Å². The summed E-state index contributed by atoms with van der Waals surface area (Å²) in [6.07, 6.45) is 3.25. The van der Waals surface area contributed by atoms with E-state index >= 15 is 0 Å². The Labute approximate surface area is 150 Å². The SMILES string of the molecule is CCCCCOc1ccc(S(=O)(=O)N2CCN(C(C)=O)CC2)cc1C. The topological polar surface area (TPSA) is 66.9 Å². The number of benzene rings is 1. The maximum absolute atomic E-state index is 12.8. The van der Waals surface area contributed by atoms with Gasteiger partial charge in [-0.25, -0.2) is 8.42 Å². The number of rotatable bonds is 7. The number of hydrogen-bond acceptors (Lipinski definition) is 4. The number of carbonyl (C=O) groups excluding carboxylic acids is 1. The molecule has 0 N–H and O–H groups in total. The molecule has 1 heterocycles. The highest BCUT2D eigenvalue weighted by molar-refractivity contribution is 7.89. The Hall–Kier alpha value is -1.60. The van der Waals surface area contributed by atoms with Crippen LogP contribution in [0.15, 0.2) is 23.1 Å². The van der Waals surface area contributed by atoms with E-state index in [1.165, 1.54) is 11.2 Å². The van der Waals surface area contributed by atoms with Gasteiger partial charge in [0.1, 0.15) is 5.75 Å². The summed E-state index contributed by atoms with van der Waals surface area (Å²) in [6, 6.07) is 5.01. The third kappa shape index (κ3) is 4.95. The van der Waals surface area contributed by atoms with Crippen LogP contribution in [0.1, 0.15) is 38.7 Å². The second-order valence-corrected chi connectivity index (χ2v) is 8.33. The molecule has 1 aromatic rings. The average Bonchev–Trinajstić information content (AvgIpc) is 2.59. The Balaban J connectivity index is 2.05. The molecule has 0 aromatic heterocycles. The number of ether oxygens (including phenoxy) is 1. The summed E-state index contributed by atoms with van der Waals surface area (Å²) < 4.78 is 32.8. The van der Waals surface area contributed by atoms with Gasteiger partial charge in [-0.15, -0.1) is 0 Å². The third-order valence-corrected chi connectivity index (χ3v) is 6.37. The molecule has 0 unspecified atom stereocenters. The first-order chi connectivity index (χ1) is 11.9. The monoisotopic (exact) mass is 368 g/mol. The van der Waals surface area contributed by atoms with Gasteiger partial charge in [0.05, 0.1) is 11.5 Å². The fraction of sp³-hybridized carbons (Fsp3) is 0.611. The van der Waals surface area contributed by atoms with E-state index in [0.29, 0.717) is 32.8 Å². The predicted molar refractivity (Wildman–Crippen MR) is 97.2 cm³/mol. The molecule has 1 saturated heterocycles. The van der Waals surface area contributed by atoms with Crippen molar-refractivity contribution in [3.8, 4) is 5.75 Å². The lowest BCUT2D eigenvalue weighted by molar-refractivity contribution is -0.129. The summed E-state index contributed by atoms with van der Waals surface area (Å²) >= 11 is 0. The first-order valence-electron chi connectivity index (χ1n) is 8.85. The van der Waals surface area contributed by atoms with Gasteiger partial charge in [0.2, 0.25) is 15.9 Å². The van der Waals surface area contributed by atoms with E-state index in [2.05, 4.69) is 6.92 Å². The van der Waals surface area contributed by atoms with Crippen LogP contribution in [0.4, 0.5) is 0 Å². The van der Waals surface area contributed by atoms with Gasteiger partial charge in [0, 0.05) is 33.1 Å². The molecule has 0 aliphatic carbocycles. The maximum Gasteiger partial charge on any atom is 0.243 e. The molecule has 6 nitrogen and oxygen atoms in total. The minimum atomic E-state index is -3.54. The fourth-order valence-electron chi connectivity index (χ4n) is 2.87. The summed E-state index contributed by atoms with van der Waals surface area (Å²) in [5.41, 5.74) is 0.819. The summed E-state index contributed by atoms with van der Waals surface area (Å²) in [7, 11) is -3.54. The zero-order chi connectivity index (χ0) is 18.4. The molecule has 0 bridgehead atoms. The van der Waals surface area contributed by atoms with E-state index in [4.69, 9.17) is 4.74 Å². The predicted octanol–water partition coefficient (Wildman–Crippen LogP) is 2.42. The maximum atomic E-state index is 12.8. The van der Waals surface area contributed by atoms with Gasteiger partial charge >= 0.3 is 0 Å². The number of hydrogen-bond donors (Lipinski definition) is 0. The zero-order valence-electron chi connectivity index (χ0n) is 15.3. The van der Waals surface area contributed by atoms with Crippen molar-refractivity contribution in [2.45, 2.75) is 44.9 Å². The number of piperazine rings is 1. The molecular formula is C18H28N2O4S. The number of nitrogens with zero attached hydrogens (tertiary/aromatic N) is 2. The molecule has 0 atom stereocenters. The fourth-order valence-corrected chi connectivity index (χ4v) is 4.38. The van der Waals surface area contributed by atoms with Crippen molar-refractivity contribution < 1.29 is 17.9 Å². The Morgan fingerprint density at radius 1 is 1.16 bits per heavy atom. The minimum absolute atomic E-state index is 0.0162. The summed E-state index contributed by atoms with van der Waals surface area (Å²) in [5, 5.41) is 0. The Morgan fingerprint density at radius 2 is 1.84 bits per heavy atom.